The van der Waals surface area contributed by atoms with Crippen LogP contribution >= 0.6 is 0 Å². The van der Waals surface area contributed by atoms with E-state index in [9.17, 15) is 4.79 Å². The maximum atomic E-state index is 11.6. The lowest BCUT2D eigenvalue weighted by Gasteiger charge is -1.96. The summed E-state index contributed by atoms with van der Waals surface area (Å²) in [6.45, 7) is 0. The van der Waals surface area contributed by atoms with Gasteiger partial charge in [-0.25, -0.2) is 0 Å². The van der Waals surface area contributed by atoms with Crippen molar-refractivity contribution in [1.29, 1.82) is 0 Å². The summed E-state index contributed by atoms with van der Waals surface area (Å²) < 4.78 is 1.86. The van der Waals surface area contributed by atoms with Crippen molar-refractivity contribution in [3.63, 3.8) is 0 Å². The highest BCUT2D eigenvalue weighted by Crippen LogP contribution is 2.38. The van der Waals surface area contributed by atoms with E-state index in [1.54, 1.807) is 12.4 Å². The molecule has 1 aliphatic carbocycles. The molecule has 1 N–H and O–H groups in total. The molecule has 0 spiro atoms. The second-order valence-electron chi connectivity index (χ2n) is 3.52. The van der Waals surface area contributed by atoms with Crippen molar-refractivity contribution < 1.29 is 0 Å². The number of rotatable bonds is 1. The van der Waals surface area contributed by atoms with Gasteiger partial charge in [-0.1, -0.05) is 0 Å². The van der Waals surface area contributed by atoms with E-state index in [2.05, 4.69) is 10.2 Å². The van der Waals surface area contributed by atoms with Crippen molar-refractivity contribution in [1.82, 2.24) is 14.6 Å². The number of aromatic nitrogens is 3. The largest absolute Gasteiger partial charge is 0.291 e. The molecule has 0 radical (unpaired) electrons. The summed E-state index contributed by atoms with van der Waals surface area (Å²) in [6, 6.07) is 1.61. The summed E-state index contributed by atoms with van der Waals surface area (Å²) >= 11 is 0. The van der Waals surface area contributed by atoms with Crippen LogP contribution in [0.25, 0.3) is 5.65 Å². The third-order valence-corrected chi connectivity index (χ3v) is 2.49. The first kappa shape index (κ1) is 6.88. The third-order valence-electron chi connectivity index (χ3n) is 2.49. The van der Waals surface area contributed by atoms with Gasteiger partial charge < -0.3 is 0 Å². The van der Waals surface area contributed by atoms with Gasteiger partial charge in [0.05, 0.1) is 0 Å². The zero-order chi connectivity index (χ0) is 8.84. The van der Waals surface area contributed by atoms with E-state index in [1.807, 2.05) is 10.6 Å². The van der Waals surface area contributed by atoms with Gasteiger partial charge in [-0.15, -0.1) is 0 Å². The van der Waals surface area contributed by atoms with Gasteiger partial charge in [0.15, 0.2) is 5.43 Å². The van der Waals surface area contributed by atoms with Crippen LogP contribution in [0, 0.1) is 0 Å². The highest BCUT2D eigenvalue weighted by Gasteiger charge is 2.26. The van der Waals surface area contributed by atoms with Gasteiger partial charge in [0, 0.05) is 17.8 Å². The summed E-state index contributed by atoms with van der Waals surface area (Å²) in [7, 11) is 0. The molecule has 0 saturated heterocycles. The Hall–Kier alpha value is -1.58. The van der Waals surface area contributed by atoms with Crippen LogP contribution in [0.5, 0.6) is 0 Å². The Bertz CT molecular complexity index is 507. The summed E-state index contributed by atoms with van der Waals surface area (Å²) in [6.07, 6.45) is 5.87. The second-order valence-corrected chi connectivity index (χ2v) is 3.52. The number of H-pyrrole nitrogens is 1. The molecule has 0 bridgehead atoms. The van der Waals surface area contributed by atoms with Crippen molar-refractivity contribution in [3.8, 4) is 0 Å². The minimum absolute atomic E-state index is 0.131. The van der Waals surface area contributed by atoms with Crippen LogP contribution in [0.3, 0.4) is 0 Å². The number of hydrogen-bond acceptors (Lipinski definition) is 2. The molecule has 3 rings (SSSR count). The van der Waals surface area contributed by atoms with Crippen LogP contribution in [0.15, 0.2) is 23.4 Å². The Morgan fingerprint density at radius 2 is 2.38 bits per heavy atom. The average molecular weight is 175 g/mol. The molecule has 2 aromatic heterocycles. The van der Waals surface area contributed by atoms with E-state index >= 15 is 0 Å². The van der Waals surface area contributed by atoms with E-state index in [4.69, 9.17) is 0 Å². The molecule has 0 aliphatic heterocycles. The fraction of sp³-hybridized carbons (Fsp3) is 0.333. The lowest BCUT2D eigenvalue weighted by atomic mass is 10.2. The van der Waals surface area contributed by atoms with Crippen molar-refractivity contribution in [2.75, 3.05) is 0 Å². The minimum atomic E-state index is 0.131. The number of fused-ring (bicyclic) bond motifs is 1. The van der Waals surface area contributed by atoms with Crippen LogP contribution in [0.4, 0.5) is 0 Å². The maximum absolute atomic E-state index is 11.6. The second kappa shape index (κ2) is 2.22. The van der Waals surface area contributed by atoms with Crippen molar-refractivity contribution in [3.05, 3.63) is 34.4 Å². The van der Waals surface area contributed by atoms with E-state index in [1.165, 1.54) is 0 Å². The zero-order valence-corrected chi connectivity index (χ0v) is 7.03. The number of hydrogen-bond donors (Lipinski definition) is 1. The van der Waals surface area contributed by atoms with Crippen LogP contribution in [0.1, 0.15) is 24.3 Å². The highest BCUT2D eigenvalue weighted by atomic mass is 16.1. The molecule has 4 heteroatoms. The first-order valence-electron chi connectivity index (χ1n) is 4.40. The van der Waals surface area contributed by atoms with Gasteiger partial charge in [0.2, 0.25) is 0 Å². The van der Waals surface area contributed by atoms with E-state index < -0.39 is 0 Å². The molecule has 1 saturated carbocycles. The Morgan fingerprint density at radius 1 is 1.54 bits per heavy atom. The van der Waals surface area contributed by atoms with Gasteiger partial charge in [0.1, 0.15) is 12.0 Å². The summed E-state index contributed by atoms with van der Waals surface area (Å²) in [5.74, 6) is 0.499. The fourth-order valence-corrected chi connectivity index (χ4v) is 1.61. The van der Waals surface area contributed by atoms with Gasteiger partial charge >= 0.3 is 0 Å². The van der Waals surface area contributed by atoms with Crippen LogP contribution in [-0.4, -0.2) is 14.6 Å². The van der Waals surface area contributed by atoms with Gasteiger partial charge in [-0.2, -0.15) is 5.10 Å². The molecule has 0 aromatic carbocycles. The molecular weight excluding hydrogens is 166 g/mol. The average Bonchev–Trinajstić information content (AvgIpc) is 2.85. The normalized spacial score (nSPS) is 16.6. The smallest absolute Gasteiger partial charge is 0.187 e. The fourth-order valence-electron chi connectivity index (χ4n) is 1.61. The Labute approximate surface area is 74.2 Å². The quantitative estimate of drug-likeness (QED) is 0.700. The first-order valence-corrected chi connectivity index (χ1v) is 4.40. The van der Waals surface area contributed by atoms with Crippen molar-refractivity contribution >= 4 is 5.65 Å². The molecule has 2 heterocycles. The monoisotopic (exact) mass is 175 g/mol. The molecular formula is C9H9N3O. The Kier molecular flexibility index (Phi) is 1.17. The van der Waals surface area contributed by atoms with Crippen LogP contribution in [0.2, 0.25) is 0 Å². The van der Waals surface area contributed by atoms with E-state index in [-0.39, 0.29) is 5.43 Å². The maximum Gasteiger partial charge on any atom is 0.187 e. The molecule has 0 atom stereocenters. The summed E-state index contributed by atoms with van der Waals surface area (Å²) in [4.78, 5) is 11.6. The Morgan fingerprint density at radius 3 is 3.15 bits per heavy atom. The third kappa shape index (κ3) is 0.983. The standard InChI is InChI=1S/C9H9N3O/c13-8-3-9-11-10-5-12(9)4-7(8)6-1-2-6/h3-6,11H,1-2H2. The molecule has 4 nitrogen and oxygen atoms in total. The van der Waals surface area contributed by atoms with Gasteiger partial charge in [-0.05, 0) is 18.8 Å². The van der Waals surface area contributed by atoms with Gasteiger partial charge in [0.25, 0.3) is 0 Å². The van der Waals surface area contributed by atoms with Crippen LogP contribution in [-0.2, 0) is 0 Å². The molecule has 0 unspecified atom stereocenters. The van der Waals surface area contributed by atoms with Gasteiger partial charge in [-0.3, -0.25) is 14.3 Å². The summed E-state index contributed by atoms with van der Waals surface area (Å²) in [5, 5.41) is 6.62. The number of nitrogens with zero attached hydrogens (tertiary/aromatic N) is 2. The first-order chi connectivity index (χ1) is 6.34. The number of pyridine rings is 1. The highest BCUT2D eigenvalue weighted by molar-refractivity contribution is 5.39. The van der Waals surface area contributed by atoms with E-state index in [0.29, 0.717) is 5.92 Å². The number of nitrogens with one attached hydrogen (secondary N) is 1. The molecule has 66 valence electrons. The Balaban J connectivity index is 2.33. The summed E-state index contributed by atoms with van der Waals surface area (Å²) in [5.41, 5.74) is 1.82. The van der Waals surface area contributed by atoms with Crippen molar-refractivity contribution in [2.45, 2.75) is 18.8 Å². The molecule has 1 aliphatic rings. The predicted octanol–water partition coefficient (Wildman–Crippen LogP) is 0.900. The minimum Gasteiger partial charge on any atom is -0.291 e. The SMILES string of the molecule is O=c1cc2[nH]ncn2cc1C1CC1. The molecule has 2 aromatic rings. The lowest BCUT2D eigenvalue weighted by Crippen LogP contribution is -2.07. The number of aromatic amines is 1. The lowest BCUT2D eigenvalue weighted by molar-refractivity contribution is 1.04. The zero-order valence-electron chi connectivity index (χ0n) is 7.03. The van der Waals surface area contributed by atoms with E-state index in [0.717, 1.165) is 24.1 Å². The predicted molar refractivity (Wildman–Crippen MR) is 47.8 cm³/mol. The molecule has 1 fully saturated rings. The molecule has 13 heavy (non-hydrogen) atoms. The van der Waals surface area contributed by atoms with Crippen molar-refractivity contribution in [2.24, 2.45) is 0 Å². The van der Waals surface area contributed by atoms with Crippen LogP contribution < -0.4 is 5.43 Å². The topological polar surface area (TPSA) is 50.2 Å². The molecule has 0 amide bonds.